The van der Waals surface area contributed by atoms with Crippen molar-refractivity contribution in [2.24, 2.45) is 0 Å². The summed E-state index contributed by atoms with van der Waals surface area (Å²) in [6.45, 7) is 2.07. The largest absolute Gasteiger partial charge is 0.366 e. The van der Waals surface area contributed by atoms with Gasteiger partial charge in [0, 0.05) is 12.2 Å². The zero-order chi connectivity index (χ0) is 9.97. The molecule has 14 heavy (non-hydrogen) atoms. The van der Waals surface area contributed by atoms with Gasteiger partial charge in [-0.1, -0.05) is 12.2 Å². The Morgan fingerprint density at radius 2 is 2.14 bits per heavy atom. The Labute approximate surface area is 92.6 Å². The summed E-state index contributed by atoms with van der Waals surface area (Å²) in [6, 6.07) is 2.52. The van der Waals surface area contributed by atoms with Crippen LogP contribution in [0.3, 0.4) is 0 Å². The Hall–Kier alpha value is -0.830. The van der Waals surface area contributed by atoms with Gasteiger partial charge >= 0.3 is 0 Å². The molecule has 0 spiro atoms. The highest BCUT2D eigenvalue weighted by Gasteiger charge is 2.12. The zero-order valence-electron chi connectivity index (χ0n) is 8.13. The average molecular weight is 253 g/mol. The summed E-state index contributed by atoms with van der Waals surface area (Å²) in [4.78, 5) is 4.32. The molecular formula is C11H13BrN2. The van der Waals surface area contributed by atoms with Crippen LogP contribution < -0.4 is 5.32 Å². The molecule has 2 nitrogen and oxygen atoms in total. The number of hydrogen-bond donors (Lipinski definition) is 1. The number of halogens is 1. The van der Waals surface area contributed by atoms with Gasteiger partial charge in [-0.3, -0.25) is 0 Å². The molecule has 1 heterocycles. The van der Waals surface area contributed by atoms with Gasteiger partial charge in [0.25, 0.3) is 0 Å². The Bertz CT molecular complexity index is 352. The summed E-state index contributed by atoms with van der Waals surface area (Å²) in [7, 11) is 0. The highest BCUT2D eigenvalue weighted by molar-refractivity contribution is 9.10. The predicted octanol–water partition coefficient (Wildman–Crippen LogP) is 3.28. The maximum Gasteiger partial charge on any atom is 0.140 e. The Balaban J connectivity index is 2.12. The van der Waals surface area contributed by atoms with Crippen LogP contribution in [0.5, 0.6) is 0 Å². The first kappa shape index (κ1) is 9.71. The molecule has 0 bridgehead atoms. The standard InChI is InChI=1S/C11H13BrN2/c1-8-6-7-13-11(10(8)12)14-9-4-2-3-5-9/h2-3,6-7,9H,4-5H2,1H3,(H,13,14). The highest BCUT2D eigenvalue weighted by Crippen LogP contribution is 2.25. The van der Waals surface area contributed by atoms with Gasteiger partial charge in [-0.25, -0.2) is 4.98 Å². The van der Waals surface area contributed by atoms with E-state index in [1.54, 1.807) is 0 Å². The fourth-order valence-corrected chi connectivity index (χ4v) is 1.92. The van der Waals surface area contributed by atoms with Gasteiger partial charge in [-0.05, 0) is 47.3 Å². The molecule has 1 aliphatic carbocycles. The minimum atomic E-state index is 0.514. The molecular weight excluding hydrogens is 240 g/mol. The Morgan fingerprint density at radius 3 is 2.86 bits per heavy atom. The van der Waals surface area contributed by atoms with Crippen LogP contribution in [0.15, 0.2) is 28.9 Å². The molecule has 0 saturated heterocycles. The smallest absolute Gasteiger partial charge is 0.140 e. The Morgan fingerprint density at radius 1 is 1.43 bits per heavy atom. The van der Waals surface area contributed by atoms with E-state index in [1.807, 2.05) is 12.3 Å². The summed E-state index contributed by atoms with van der Waals surface area (Å²) < 4.78 is 1.08. The quantitative estimate of drug-likeness (QED) is 0.818. The molecule has 1 aliphatic rings. The number of nitrogens with one attached hydrogen (secondary N) is 1. The predicted molar refractivity (Wildman–Crippen MR) is 62.5 cm³/mol. The van der Waals surface area contributed by atoms with Gasteiger partial charge in [0.15, 0.2) is 0 Å². The lowest BCUT2D eigenvalue weighted by atomic mass is 10.2. The maximum atomic E-state index is 4.32. The van der Waals surface area contributed by atoms with E-state index in [0.29, 0.717) is 6.04 Å². The average Bonchev–Trinajstić information content (AvgIpc) is 2.66. The topological polar surface area (TPSA) is 24.9 Å². The van der Waals surface area contributed by atoms with Crippen molar-refractivity contribution < 1.29 is 0 Å². The molecule has 0 atom stereocenters. The first-order chi connectivity index (χ1) is 6.77. The monoisotopic (exact) mass is 252 g/mol. The molecule has 0 aliphatic heterocycles. The first-order valence-electron chi connectivity index (χ1n) is 4.80. The third kappa shape index (κ3) is 1.98. The minimum Gasteiger partial charge on any atom is -0.366 e. The molecule has 0 radical (unpaired) electrons. The lowest BCUT2D eigenvalue weighted by molar-refractivity contribution is 0.779. The number of nitrogens with zero attached hydrogens (tertiary/aromatic N) is 1. The fourth-order valence-electron chi connectivity index (χ4n) is 1.57. The number of anilines is 1. The molecule has 1 aromatic heterocycles. The molecule has 1 aromatic rings. The third-order valence-corrected chi connectivity index (χ3v) is 3.43. The van der Waals surface area contributed by atoms with Crippen LogP contribution in [-0.4, -0.2) is 11.0 Å². The molecule has 0 saturated carbocycles. The van der Waals surface area contributed by atoms with E-state index in [2.05, 4.69) is 45.3 Å². The van der Waals surface area contributed by atoms with Crippen molar-refractivity contribution in [3.63, 3.8) is 0 Å². The van der Waals surface area contributed by atoms with Crippen LogP contribution in [0.2, 0.25) is 0 Å². The van der Waals surface area contributed by atoms with Crippen molar-refractivity contribution in [1.29, 1.82) is 0 Å². The van der Waals surface area contributed by atoms with E-state index in [1.165, 1.54) is 5.56 Å². The number of rotatable bonds is 2. The lowest BCUT2D eigenvalue weighted by Gasteiger charge is -2.14. The zero-order valence-corrected chi connectivity index (χ0v) is 9.71. The molecule has 1 N–H and O–H groups in total. The second-order valence-electron chi connectivity index (χ2n) is 3.57. The van der Waals surface area contributed by atoms with E-state index in [0.717, 1.165) is 23.1 Å². The fraction of sp³-hybridized carbons (Fsp3) is 0.364. The molecule has 74 valence electrons. The SMILES string of the molecule is Cc1ccnc(NC2CC=CC2)c1Br. The van der Waals surface area contributed by atoms with Gasteiger partial charge in [0.1, 0.15) is 5.82 Å². The van der Waals surface area contributed by atoms with Gasteiger partial charge in [0.05, 0.1) is 4.47 Å². The second-order valence-corrected chi connectivity index (χ2v) is 4.37. The van der Waals surface area contributed by atoms with E-state index < -0.39 is 0 Å². The van der Waals surface area contributed by atoms with Crippen LogP contribution in [-0.2, 0) is 0 Å². The van der Waals surface area contributed by atoms with Gasteiger partial charge in [-0.2, -0.15) is 0 Å². The van der Waals surface area contributed by atoms with Crippen molar-refractivity contribution in [3.8, 4) is 0 Å². The van der Waals surface area contributed by atoms with Crippen molar-refractivity contribution in [3.05, 3.63) is 34.5 Å². The molecule has 2 rings (SSSR count). The van der Waals surface area contributed by atoms with Gasteiger partial charge < -0.3 is 5.32 Å². The normalized spacial score (nSPS) is 16.1. The van der Waals surface area contributed by atoms with Gasteiger partial charge in [-0.15, -0.1) is 0 Å². The van der Waals surface area contributed by atoms with E-state index in [9.17, 15) is 0 Å². The molecule has 0 aromatic carbocycles. The molecule has 0 unspecified atom stereocenters. The highest BCUT2D eigenvalue weighted by atomic mass is 79.9. The summed E-state index contributed by atoms with van der Waals surface area (Å²) in [5.74, 6) is 0.957. The summed E-state index contributed by atoms with van der Waals surface area (Å²) in [5, 5.41) is 3.43. The molecule has 3 heteroatoms. The van der Waals surface area contributed by atoms with E-state index in [-0.39, 0.29) is 0 Å². The maximum absolute atomic E-state index is 4.32. The Kier molecular flexibility index (Phi) is 2.87. The van der Waals surface area contributed by atoms with Crippen LogP contribution in [0.1, 0.15) is 18.4 Å². The summed E-state index contributed by atoms with van der Waals surface area (Å²) in [6.07, 6.45) is 8.46. The summed E-state index contributed by atoms with van der Waals surface area (Å²) >= 11 is 3.54. The lowest BCUT2D eigenvalue weighted by Crippen LogP contribution is -2.16. The van der Waals surface area contributed by atoms with Crippen molar-refractivity contribution >= 4 is 21.7 Å². The van der Waals surface area contributed by atoms with Gasteiger partial charge in [0.2, 0.25) is 0 Å². The first-order valence-corrected chi connectivity index (χ1v) is 5.59. The summed E-state index contributed by atoms with van der Waals surface area (Å²) in [5.41, 5.74) is 1.22. The number of aryl methyl sites for hydroxylation is 1. The molecule has 0 fully saturated rings. The second kappa shape index (κ2) is 4.13. The van der Waals surface area contributed by atoms with Crippen LogP contribution >= 0.6 is 15.9 Å². The van der Waals surface area contributed by atoms with Crippen molar-refractivity contribution in [1.82, 2.24) is 4.98 Å². The van der Waals surface area contributed by atoms with Crippen LogP contribution in [0, 0.1) is 6.92 Å². The number of pyridine rings is 1. The van der Waals surface area contributed by atoms with Crippen molar-refractivity contribution in [2.75, 3.05) is 5.32 Å². The van der Waals surface area contributed by atoms with E-state index >= 15 is 0 Å². The number of aromatic nitrogens is 1. The third-order valence-electron chi connectivity index (χ3n) is 2.43. The van der Waals surface area contributed by atoms with Crippen molar-refractivity contribution in [2.45, 2.75) is 25.8 Å². The van der Waals surface area contributed by atoms with Crippen LogP contribution in [0.4, 0.5) is 5.82 Å². The number of hydrogen-bond acceptors (Lipinski definition) is 2. The molecule has 0 amide bonds. The van der Waals surface area contributed by atoms with E-state index in [4.69, 9.17) is 0 Å². The minimum absolute atomic E-state index is 0.514. The van der Waals surface area contributed by atoms with Crippen LogP contribution in [0.25, 0.3) is 0 Å².